The van der Waals surface area contributed by atoms with Gasteiger partial charge in [-0.3, -0.25) is 24.3 Å². The number of hydrogen-bond acceptors (Lipinski definition) is 6. The van der Waals surface area contributed by atoms with Crippen molar-refractivity contribution in [3.05, 3.63) is 63.4 Å². The third-order valence-corrected chi connectivity index (χ3v) is 4.72. The van der Waals surface area contributed by atoms with Crippen LogP contribution in [-0.4, -0.2) is 37.4 Å². The first-order chi connectivity index (χ1) is 12.6. The summed E-state index contributed by atoms with van der Waals surface area (Å²) in [6.45, 7) is 4.71. The molecule has 1 aliphatic heterocycles. The van der Waals surface area contributed by atoms with Crippen molar-refractivity contribution in [2.24, 2.45) is 5.10 Å². The lowest BCUT2D eigenvalue weighted by molar-refractivity contribution is 0.156. The van der Waals surface area contributed by atoms with Gasteiger partial charge in [0.05, 0.1) is 12.3 Å². The van der Waals surface area contributed by atoms with Gasteiger partial charge in [-0.1, -0.05) is 12.1 Å². The number of nitrogens with zero attached hydrogens (tertiary/aromatic N) is 4. The Hall–Kier alpha value is -2.74. The highest BCUT2D eigenvalue weighted by Gasteiger charge is 2.23. The van der Waals surface area contributed by atoms with E-state index in [0.717, 1.165) is 31.4 Å². The second-order valence-electron chi connectivity index (χ2n) is 6.10. The normalized spacial score (nSPS) is 17.5. The minimum Gasteiger partial charge on any atom is -0.494 e. The summed E-state index contributed by atoms with van der Waals surface area (Å²) in [4.78, 5) is 18.9. The molecule has 0 radical (unpaired) electrons. The molecule has 1 atom stereocenters. The van der Waals surface area contributed by atoms with Crippen LogP contribution < -0.4 is 5.56 Å². The zero-order valence-electron chi connectivity index (χ0n) is 14.3. The molecule has 26 heavy (non-hydrogen) atoms. The number of pyridine rings is 1. The SMILES string of the molecule is C=CCn1c(O)c(C=NN2CCCC[C@H]2c2cccnc2)c(=O)[nH]c1=S. The lowest BCUT2D eigenvalue weighted by atomic mass is 9.98. The molecule has 0 saturated carbocycles. The third kappa shape index (κ3) is 3.75. The van der Waals surface area contributed by atoms with Crippen LogP contribution in [0.2, 0.25) is 0 Å². The van der Waals surface area contributed by atoms with Crippen LogP contribution in [0.15, 0.2) is 47.1 Å². The fourth-order valence-corrected chi connectivity index (χ4v) is 3.34. The first-order valence-corrected chi connectivity index (χ1v) is 8.90. The topological polar surface area (TPSA) is 86.5 Å². The van der Waals surface area contributed by atoms with Gasteiger partial charge in [0.15, 0.2) is 4.77 Å². The molecule has 1 aliphatic rings. The molecule has 8 heteroatoms. The van der Waals surface area contributed by atoms with Gasteiger partial charge in [-0.05, 0) is 43.1 Å². The minimum absolute atomic E-state index is 0.0796. The highest BCUT2D eigenvalue weighted by atomic mass is 32.1. The van der Waals surface area contributed by atoms with E-state index in [1.54, 1.807) is 12.3 Å². The maximum Gasteiger partial charge on any atom is 0.264 e. The van der Waals surface area contributed by atoms with Crippen molar-refractivity contribution in [2.75, 3.05) is 6.54 Å². The van der Waals surface area contributed by atoms with E-state index in [1.807, 2.05) is 23.3 Å². The quantitative estimate of drug-likeness (QED) is 0.479. The van der Waals surface area contributed by atoms with E-state index in [-0.39, 0.29) is 22.3 Å². The second-order valence-corrected chi connectivity index (χ2v) is 6.49. The number of hydrazone groups is 1. The van der Waals surface area contributed by atoms with E-state index in [9.17, 15) is 9.90 Å². The number of piperidine rings is 1. The van der Waals surface area contributed by atoms with Gasteiger partial charge in [-0.15, -0.1) is 6.58 Å². The Morgan fingerprint density at radius 1 is 1.50 bits per heavy atom. The number of rotatable bonds is 5. The van der Waals surface area contributed by atoms with E-state index in [4.69, 9.17) is 12.2 Å². The van der Waals surface area contributed by atoms with E-state index < -0.39 is 5.56 Å². The monoisotopic (exact) mass is 371 g/mol. The van der Waals surface area contributed by atoms with Crippen LogP contribution >= 0.6 is 12.2 Å². The molecule has 2 N–H and O–H groups in total. The molecule has 7 nitrogen and oxygen atoms in total. The Kier molecular flexibility index (Phi) is 5.62. The van der Waals surface area contributed by atoms with Gasteiger partial charge < -0.3 is 5.11 Å². The largest absolute Gasteiger partial charge is 0.494 e. The van der Waals surface area contributed by atoms with Crippen molar-refractivity contribution in [3.63, 3.8) is 0 Å². The first-order valence-electron chi connectivity index (χ1n) is 8.49. The summed E-state index contributed by atoms with van der Waals surface area (Å²) in [7, 11) is 0. The third-order valence-electron chi connectivity index (χ3n) is 4.40. The van der Waals surface area contributed by atoms with Gasteiger partial charge in [0, 0.05) is 25.5 Å². The van der Waals surface area contributed by atoms with Crippen molar-refractivity contribution in [3.8, 4) is 5.88 Å². The van der Waals surface area contributed by atoms with Crippen LogP contribution in [0, 0.1) is 4.77 Å². The van der Waals surface area contributed by atoms with Crippen LogP contribution in [0.4, 0.5) is 0 Å². The van der Waals surface area contributed by atoms with E-state index in [0.29, 0.717) is 6.54 Å². The fourth-order valence-electron chi connectivity index (χ4n) is 3.09. The predicted molar refractivity (Wildman–Crippen MR) is 103 cm³/mol. The first kappa shape index (κ1) is 18.1. The molecule has 3 heterocycles. The summed E-state index contributed by atoms with van der Waals surface area (Å²) >= 11 is 5.08. The Labute approximate surface area is 156 Å². The number of allylic oxidation sites excluding steroid dienone is 1. The molecule has 2 aromatic rings. The number of aromatic nitrogens is 3. The molecule has 0 bridgehead atoms. The van der Waals surface area contributed by atoms with Crippen LogP contribution in [0.3, 0.4) is 0 Å². The van der Waals surface area contributed by atoms with Crippen LogP contribution in [0.1, 0.15) is 36.4 Å². The molecule has 3 rings (SSSR count). The zero-order valence-corrected chi connectivity index (χ0v) is 15.2. The highest BCUT2D eigenvalue weighted by Crippen LogP contribution is 2.30. The van der Waals surface area contributed by atoms with Gasteiger partial charge in [-0.25, -0.2) is 0 Å². The molecule has 1 fully saturated rings. The summed E-state index contributed by atoms with van der Waals surface area (Å²) in [6, 6.07) is 4.04. The average molecular weight is 371 g/mol. The number of nitrogens with one attached hydrogen (secondary N) is 1. The minimum atomic E-state index is -0.466. The molecular weight excluding hydrogens is 350 g/mol. The van der Waals surface area contributed by atoms with Crippen molar-refractivity contribution in [1.29, 1.82) is 0 Å². The fraction of sp³-hybridized carbons (Fsp3) is 0.333. The van der Waals surface area contributed by atoms with Gasteiger partial charge in [0.25, 0.3) is 5.56 Å². The molecule has 136 valence electrons. The molecule has 0 amide bonds. The van der Waals surface area contributed by atoms with Gasteiger partial charge in [-0.2, -0.15) is 5.10 Å². The van der Waals surface area contributed by atoms with Crippen LogP contribution in [-0.2, 0) is 6.54 Å². The van der Waals surface area contributed by atoms with Crippen molar-refractivity contribution < 1.29 is 5.11 Å². The van der Waals surface area contributed by atoms with E-state index in [2.05, 4.69) is 21.6 Å². The Morgan fingerprint density at radius 3 is 3.08 bits per heavy atom. The van der Waals surface area contributed by atoms with Crippen LogP contribution in [0.5, 0.6) is 5.88 Å². The summed E-state index contributed by atoms with van der Waals surface area (Å²) in [6.07, 6.45) is 9.68. The molecule has 0 aliphatic carbocycles. The molecule has 2 aromatic heterocycles. The van der Waals surface area contributed by atoms with Gasteiger partial charge >= 0.3 is 0 Å². The second kappa shape index (κ2) is 8.09. The zero-order chi connectivity index (χ0) is 18.5. The number of H-pyrrole nitrogens is 1. The Morgan fingerprint density at radius 2 is 2.35 bits per heavy atom. The standard InChI is InChI=1S/C18H21N5O2S/c1-2-9-22-17(25)14(16(24)21-18(22)26)12-20-23-10-4-3-7-15(23)13-6-5-8-19-11-13/h2,5-6,8,11-12,15,25H,1,3-4,7,9-10H2,(H,21,24,26)/t15-/m0/s1. The molecule has 0 aromatic carbocycles. The maximum absolute atomic E-state index is 12.2. The van der Waals surface area contributed by atoms with Crippen molar-refractivity contribution in [2.45, 2.75) is 31.8 Å². The van der Waals surface area contributed by atoms with Gasteiger partial charge in [0.2, 0.25) is 5.88 Å². The molecule has 0 spiro atoms. The Balaban J connectivity index is 1.93. The summed E-state index contributed by atoms with van der Waals surface area (Å²) in [5.74, 6) is -0.211. The van der Waals surface area contributed by atoms with Gasteiger partial charge in [0.1, 0.15) is 5.56 Å². The van der Waals surface area contributed by atoms with Crippen molar-refractivity contribution >= 4 is 18.4 Å². The molecular formula is C18H21N5O2S. The number of hydrogen-bond donors (Lipinski definition) is 2. The summed E-state index contributed by atoms with van der Waals surface area (Å²) < 4.78 is 1.55. The van der Waals surface area contributed by atoms with E-state index >= 15 is 0 Å². The lowest BCUT2D eigenvalue weighted by Crippen LogP contribution is -2.29. The average Bonchev–Trinajstić information content (AvgIpc) is 2.66. The smallest absolute Gasteiger partial charge is 0.264 e. The summed E-state index contributed by atoms with van der Waals surface area (Å²) in [5, 5.41) is 16.8. The Bertz CT molecular complexity index is 919. The van der Waals surface area contributed by atoms with Crippen LogP contribution in [0.25, 0.3) is 0 Å². The number of aromatic hydroxyl groups is 1. The predicted octanol–water partition coefficient (Wildman–Crippen LogP) is 2.75. The maximum atomic E-state index is 12.2. The highest BCUT2D eigenvalue weighted by molar-refractivity contribution is 7.71. The molecule has 0 unspecified atom stereocenters. The molecule has 1 saturated heterocycles. The van der Waals surface area contributed by atoms with E-state index in [1.165, 1.54) is 10.8 Å². The summed E-state index contributed by atoms with van der Waals surface area (Å²) in [5.41, 5.74) is 0.701. The lowest BCUT2D eigenvalue weighted by Gasteiger charge is -2.33. The van der Waals surface area contributed by atoms with Crippen molar-refractivity contribution in [1.82, 2.24) is 19.5 Å². The number of aromatic amines is 1.